The van der Waals surface area contributed by atoms with E-state index in [0.29, 0.717) is 17.4 Å². The highest BCUT2D eigenvalue weighted by molar-refractivity contribution is 5.87. The highest BCUT2D eigenvalue weighted by atomic mass is 16.2. The zero-order valence-corrected chi connectivity index (χ0v) is 13.3. The highest BCUT2D eigenvalue weighted by Gasteiger charge is 2.39. The van der Waals surface area contributed by atoms with Crippen molar-refractivity contribution in [2.75, 3.05) is 18.5 Å². The molecule has 0 aliphatic heterocycles. The summed E-state index contributed by atoms with van der Waals surface area (Å²) < 4.78 is 0. The lowest BCUT2D eigenvalue weighted by Crippen LogP contribution is -2.37. The summed E-state index contributed by atoms with van der Waals surface area (Å²) in [7, 11) is 1.84. The number of rotatable bonds is 5. The monoisotopic (exact) mass is 322 g/mol. The first-order valence-corrected chi connectivity index (χ1v) is 7.92. The average molecular weight is 322 g/mol. The molecule has 7 heteroatoms. The van der Waals surface area contributed by atoms with E-state index in [1.807, 2.05) is 25.2 Å². The van der Waals surface area contributed by atoms with Crippen molar-refractivity contribution in [2.24, 2.45) is 0 Å². The van der Waals surface area contributed by atoms with Crippen LogP contribution < -0.4 is 10.2 Å². The van der Waals surface area contributed by atoms with E-state index in [0.717, 1.165) is 11.9 Å². The van der Waals surface area contributed by atoms with Gasteiger partial charge in [0.05, 0.1) is 12.9 Å². The van der Waals surface area contributed by atoms with E-state index in [2.05, 4.69) is 37.4 Å². The standard InChI is InChI=1S/C17H18N6O/c1-23(17-15-16(19-9-18-15)20-10-21-17)8-14(24)22-13-7-12(13)11-5-3-2-4-6-11/h2-6,9-10,12-13H,7-8H2,1H3,(H,22,24)(H,18,19,20,21)/t12-,13+/m0/s1. The molecule has 0 spiro atoms. The molecule has 7 nitrogen and oxygen atoms in total. The van der Waals surface area contributed by atoms with E-state index in [1.165, 1.54) is 11.9 Å². The maximum atomic E-state index is 12.3. The number of nitrogens with one attached hydrogen (secondary N) is 2. The van der Waals surface area contributed by atoms with Gasteiger partial charge in [-0.15, -0.1) is 0 Å². The smallest absolute Gasteiger partial charge is 0.239 e. The Morgan fingerprint density at radius 2 is 2.12 bits per heavy atom. The van der Waals surface area contributed by atoms with Crippen LogP contribution in [0.1, 0.15) is 17.9 Å². The van der Waals surface area contributed by atoms with Crippen molar-refractivity contribution in [3.63, 3.8) is 0 Å². The number of carbonyl (C=O) groups excluding carboxylic acids is 1. The number of amides is 1. The summed E-state index contributed by atoms with van der Waals surface area (Å²) in [6, 6.07) is 10.5. The molecule has 4 rings (SSSR count). The van der Waals surface area contributed by atoms with E-state index in [-0.39, 0.29) is 18.5 Å². The summed E-state index contributed by atoms with van der Waals surface area (Å²) in [6.45, 7) is 0.239. The molecular formula is C17H18N6O. The van der Waals surface area contributed by atoms with E-state index >= 15 is 0 Å². The van der Waals surface area contributed by atoms with Crippen LogP contribution in [-0.4, -0.2) is 45.5 Å². The first-order valence-electron chi connectivity index (χ1n) is 7.92. The van der Waals surface area contributed by atoms with Crippen LogP contribution in [0.15, 0.2) is 43.0 Å². The summed E-state index contributed by atoms with van der Waals surface area (Å²) in [5.74, 6) is 1.09. The third-order valence-electron chi connectivity index (χ3n) is 4.31. The lowest BCUT2D eigenvalue weighted by molar-refractivity contribution is -0.119. The molecule has 122 valence electrons. The van der Waals surface area contributed by atoms with E-state index < -0.39 is 0 Å². The van der Waals surface area contributed by atoms with Gasteiger partial charge in [-0.3, -0.25) is 4.79 Å². The summed E-state index contributed by atoms with van der Waals surface area (Å²) in [4.78, 5) is 29.6. The number of aromatic amines is 1. The van der Waals surface area contributed by atoms with Crippen molar-refractivity contribution >= 4 is 22.9 Å². The molecule has 2 atom stereocenters. The molecule has 24 heavy (non-hydrogen) atoms. The Bertz CT molecular complexity index is 862. The van der Waals surface area contributed by atoms with Crippen LogP contribution in [0.4, 0.5) is 5.82 Å². The summed E-state index contributed by atoms with van der Waals surface area (Å²) >= 11 is 0. The number of hydrogen-bond donors (Lipinski definition) is 2. The number of nitrogens with zero attached hydrogens (tertiary/aromatic N) is 4. The van der Waals surface area contributed by atoms with Crippen LogP contribution in [0.25, 0.3) is 11.2 Å². The second kappa shape index (κ2) is 5.92. The van der Waals surface area contributed by atoms with Crippen molar-refractivity contribution in [2.45, 2.75) is 18.4 Å². The van der Waals surface area contributed by atoms with Gasteiger partial charge in [0, 0.05) is 19.0 Å². The minimum absolute atomic E-state index is 0.00721. The normalized spacial score (nSPS) is 19.2. The van der Waals surface area contributed by atoms with E-state index in [4.69, 9.17) is 0 Å². The van der Waals surface area contributed by atoms with Gasteiger partial charge in [0.2, 0.25) is 5.91 Å². The number of hydrogen-bond acceptors (Lipinski definition) is 5. The van der Waals surface area contributed by atoms with Crippen LogP contribution in [0, 0.1) is 0 Å². The number of imidazole rings is 1. The second-order valence-electron chi connectivity index (χ2n) is 6.08. The lowest BCUT2D eigenvalue weighted by atomic mass is 10.1. The minimum atomic E-state index is -0.00721. The number of benzene rings is 1. The van der Waals surface area contributed by atoms with Crippen LogP contribution in [0.3, 0.4) is 0 Å². The topological polar surface area (TPSA) is 86.8 Å². The number of anilines is 1. The summed E-state index contributed by atoms with van der Waals surface area (Å²) in [5.41, 5.74) is 2.62. The highest BCUT2D eigenvalue weighted by Crippen LogP contribution is 2.40. The van der Waals surface area contributed by atoms with Crippen LogP contribution in [0.2, 0.25) is 0 Å². The third kappa shape index (κ3) is 2.80. The van der Waals surface area contributed by atoms with Gasteiger partial charge in [0.1, 0.15) is 11.8 Å². The Morgan fingerprint density at radius 3 is 2.96 bits per heavy atom. The Balaban J connectivity index is 1.38. The number of likely N-dealkylation sites (N-methyl/N-ethyl adjacent to an activating group) is 1. The quantitative estimate of drug-likeness (QED) is 0.743. The molecule has 2 heterocycles. The van der Waals surface area contributed by atoms with Crippen molar-refractivity contribution in [1.82, 2.24) is 25.3 Å². The molecule has 0 unspecified atom stereocenters. The van der Waals surface area contributed by atoms with Crippen molar-refractivity contribution in [1.29, 1.82) is 0 Å². The van der Waals surface area contributed by atoms with Gasteiger partial charge >= 0.3 is 0 Å². The molecule has 1 aliphatic rings. The molecule has 3 aromatic rings. The lowest BCUT2D eigenvalue weighted by Gasteiger charge is -2.17. The number of H-pyrrole nitrogens is 1. The van der Waals surface area contributed by atoms with Crippen LogP contribution in [0.5, 0.6) is 0 Å². The molecular weight excluding hydrogens is 304 g/mol. The third-order valence-corrected chi connectivity index (χ3v) is 4.31. The fraction of sp³-hybridized carbons (Fsp3) is 0.294. The van der Waals surface area contributed by atoms with E-state index in [1.54, 1.807) is 11.2 Å². The zero-order valence-electron chi connectivity index (χ0n) is 13.3. The fourth-order valence-electron chi connectivity index (χ4n) is 3.01. The SMILES string of the molecule is CN(CC(=O)N[C@@H]1C[C@H]1c1ccccc1)c1ncnc2nc[nH]c12. The number of aromatic nitrogens is 4. The van der Waals surface area contributed by atoms with Gasteiger partial charge in [-0.05, 0) is 12.0 Å². The zero-order chi connectivity index (χ0) is 16.5. The van der Waals surface area contributed by atoms with Crippen molar-refractivity contribution in [3.8, 4) is 0 Å². The molecule has 1 aromatic carbocycles. The Kier molecular flexibility index (Phi) is 3.60. The molecule has 1 saturated carbocycles. The van der Waals surface area contributed by atoms with Gasteiger partial charge in [-0.2, -0.15) is 0 Å². The Labute approximate surface area is 139 Å². The fourth-order valence-corrected chi connectivity index (χ4v) is 3.01. The molecule has 1 fully saturated rings. The summed E-state index contributed by atoms with van der Waals surface area (Å²) in [6.07, 6.45) is 4.03. The Hall–Kier alpha value is -2.96. The molecule has 1 aliphatic carbocycles. The molecule has 0 saturated heterocycles. The molecule has 1 amide bonds. The first kappa shape index (κ1) is 14.6. The van der Waals surface area contributed by atoms with Crippen LogP contribution in [-0.2, 0) is 4.79 Å². The van der Waals surface area contributed by atoms with Gasteiger partial charge in [0.15, 0.2) is 11.5 Å². The molecule has 2 aromatic heterocycles. The maximum absolute atomic E-state index is 12.3. The van der Waals surface area contributed by atoms with Crippen LogP contribution >= 0.6 is 0 Å². The van der Waals surface area contributed by atoms with Crippen molar-refractivity contribution in [3.05, 3.63) is 48.5 Å². The number of carbonyl (C=O) groups is 1. The van der Waals surface area contributed by atoms with Gasteiger partial charge in [-0.1, -0.05) is 30.3 Å². The first-order chi connectivity index (χ1) is 11.7. The molecule has 0 bridgehead atoms. The van der Waals surface area contributed by atoms with E-state index in [9.17, 15) is 4.79 Å². The van der Waals surface area contributed by atoms with Crippen molar-refractivity contribution < 1.29 is 4.79 Å². The number of fused-ring (bicyclic) bond motifs is 1. The molecule has 2 N–H and O–H groups in total. The largest absolute Gasteiger partial charge is 0.351 e. The predicted molar refractivity (Wildman–Crippen MR) is 90.7 cm³/mol. The van der Waals surface area contributed by atoms with Gasteiger partial charge in [-0.25, -0.2) is 15.0 Å². The minimum Gasteiger partial charge on any atom is -0.351 e. The maximum Gasteiger partial charge on any atom is 0.239 e. The average Bonchev–Trinajstić information content (AvgIpc) is 3.18. The van der Waals surface area contributed by atoms with Gasteiger partial charge < -0.3 is 15.2 Å². The second-order valence-corrected chi connectivity index (χ2v) is 6.08. The van der Waals surface area contributed by atoms with Gasteiger partial charge in [0.25, 0.3) is 0 Å². The molecule has 0 radical (unpaired) electrons. The summed E-state index contributed by atoms with van der Waals surface area (Å²) in [5, 5.41) is 3.10. The Morgan fingerprint density at radius 1 is 1.29 bits per heavy atom. The predicted octanol–water partition coefficient (Wildman–Crippen LogP) is 1.46.